The molecular formula is C18H36O4. The molecule has 0 amide bonds. The minimum Gasteiger partial charge on any atom is -0.396 e. The summed E-state index contributed by atoms with van der Waals surface area (Å²) in [7, 11) is 0. The molecule has 0 aliphatic heterocycles. The molecule has 0 rings (SSSR count). The highest BCUT2D eigenvalue weighted by Gasteiger charge is 2.07. The van der Waals surface area contributed by atoms with E-state index in [-0.39, 0.29) is 38.3 Å². The molecule has 4 nitrogen and oxygen atoms in total. The number of hydrogen-bond donors (Lipinski definition) is 4. The fourth-order valence-corrected chi connectivity index (χ4v) is 2.01. The first kappa shape index (κ1) is 23.6. The first-order chi connectivity index (χ1) is 10.5. The van der Waals surface area contributed by atoms with E-state index in [9.17, 15) is 0 Å². The standard InChI is InChI=1S/2C9H18O2/c2*1-3-8(2)6-9(7-11)4-5-10/h3,9-11H,4-7H2,1-2H3;9-11H,2-7H2,1H3. The van der Waals surface area contributed by atoms with Gasteiger partial charge in [-0.05, 0) is 57.8 Å². The van der Waals surface area contributed by atoms with E-state index in [2.05, 4.69) is 13.5 Å². The van der Waals surface area contributed by atoms with Gasteiger partial charge < -0.3 is 20.4 Å². The fourth-order valence-electron chi connectivity index (χ4n) is 2.01. The van der Waals surface area contributed by atoms with E-state index in [4.69, 9.17) is 20.4 Å². The Labute approximate surface area is 136 Å². The predicted octanol–water partition coefficient (Wildman–Crippen LogP) is 2.67. The second-order valence-electron chi connectivity index (χ2n) is 5.77. The summed E-state index contributed by atoms with van der Waals surface area (Å²) in [6.07, 6.45) is 6.11. The average molecular weight is 316 g/mol. The summed E-state index contributed by atoms with van der Waals surface area (Å²) in [6.45, 7) is 10.6. The van der Waals surface area contributed by atoms with E-state index in [0.29, 0.717) is 12.8 Å². The largest absolute Gasteiger partial charge is 0.396 e. The molecule has 0 aromatic heterocycles. The third-order valence-corrected chi connectivity index (χ3v) is 3.77. The van der Waals surface area contributed by atoms with E-state index in [1.165, 1.54) is 5.57 Å². The normalized spacial score (nSPS) is 14.0. The van der Waals surface area contributed by atoms with Crippen LogP contribution in [0, 0.1) is 11.8 Å². The van der Waals surface area contributed by atoms with Crippen LogP contribution in [0.3, 0.4) is 0 Å². The van der Waals surface area contributed by atoms with Crippen LogP contribution in [0.1, 0.15) is 52.9 Å². The van der Waals surface area contributed by atoms with Crippen molar-refractivity contribution in [1.82, 2.24) is 0 Å². The van der Waals surface area contributed by atoms with Crippen molar-refractivity contribution < 1.29 is 20.4 Å². The maximum atomic E-state index is 8.86. The van der Waals surface area contributed by atoms with Crippen molar-refractivity contribution in [2.24, 2.45) is 11.8 Å². The average Bonchev–Trinajstić information content (AvgIpc) is 2.54. The third kappa shape index (κ3) is 14.3. The van der Waals surface area contributed by atoms with Crippen molar-refractivity contribution in [3.05, 3.63) is 23.8 Å². The molecule has 132 valence electrons. The lowest BCUT2D eigenvalue weighted by molar-refractivity contribution is 0.182. The zero-order valence-corrected chi connectivity index (χ0v) is 14.6. The van der Waals surface area contributed by atoms with E-state index in [1.807, 2.05) is 19.9 Å². The minimum atomic E-state index is 0.152. The number of allylic oxidation sites excluding steroid dienone is 3. The second-order valence-corrected chi connectivity index (χ2v) is 5.77. The maximum absolute atomic E-state index is 8.86. The van der Waals surface area contributed by atoms with Crippen molar-refractivity contribution in [3.63, 3.8) is 0 Å². The smallest absolute Gasteiger partial charge is 0.0463 e. The molecule has 0 aliphatic rings. The van der Waals surface area contributed by atoms with Crippen LogP contribution in [0.4, 0.5) is 0 Å². The molecule has 0 bridgehead atoms. The van der Waals surface area contributed by atoms with Gasteiger partial charge >= 0.3 is 0 Å². The lowest BCUT2D eigenvalue weighted by Crippen LogP contribution is -2.08. The van der Waals surface area contributed by atoms with E-state index >= 15 is 0 Å². The van der Waals surface area contributed by atoms with Gasteiger partial charge in [0.05, 0.1) is 0 Å². The molecule has 22 heavy (non-hydrogen) atoms. The van der Waals surface area contributed by atoms with Crippen LogP contribution in [-0.4, -0.2) is 46.9 Å². The zero-order valence-electron chi connectivity index (χ0n) is 14.6. The van der Waals surface area contributed by atoms with Crippen molar-refractivity contribution in [3.8, 4) is 0 Å². The zero-order chi connectivity index (χ0) is 17.4. The summed E-state index contributed by atoms with van der Waals surface area (Å²) in [5.74, 6) is 0.434. The molecule has 0 aromatic rings. The molecule has 4 heteroatoms. The Morgan fingerprint density at radius 1 is 0.955 bits per heavy atom. The lowest BCUT2D eigenvalue weighted by atomic mass is 9.97. The lowest BCUT2D eigenvalue weighted by Gasteiger charge is -2.12. The Morgan fingerprint density at radius 3 is 1.73 bits per heavy atom. The summed E-state index contributed by atoms with van der Waals surface area (Å²) in [5, 5.41) is 34.9. The fraction of sp³-hybridized carbons (Fsp3) is 0.778. The van der Waals surface area contributed by atoms with Gasteiger partial charge in [-0.2, -0.15) is 0 Å². The van der Waals surface area contributed by atoms with Crippen LogP contribution in [0.2, 0.25) is 0 Å². The highest BCUT2D eigenvalue weighted by atomic mass is 16.3. The van der Waals surface area contributed by atoms with Gasteiger partial charge in [0.2, 0.25) is 0 Å². The molecule has 0 fully saturated rings. The molecule has 0 saturated carbocycles. The monoisotopic (exact) mass is 316 g/mol. The number of aliphatic hydroxyl groups excluding tert-OH is 4. The van der Waals surface area contributed by atoms with Crippen molar-refractivity contribution in [2.75, 3.05) is 26.4 Å². The highest BCUT2D eigenvalue weighted by Crippen LogP contribution is 2.15. The number of hydrogen-bond acceptors (Lipinski definition) is 4. The molecule has 0 spiro atoms. The van der Waals surface area contributed by atoms with Gasteiger partial charge in [-0.15, -0.1) is 0 Å². The van der Waals surface area contributed by atoms with Crippen LogP contribution in [0.15, 0.2) is 23.8 Å². The number of aliphatic hydroxyl groups is 4. The Hall–Kier alpha value is -0.680. The van der Waals surface area contributed by atoms with Crippen molar-refractivity contribution >= 4 is 0 Å². The molecule has 0 aromatic carbocycles. The van der Waals surface area contributed by atoms with Crippen LogP contribution >= 0.6 is 0 Å². The molecular weight excluding hydrogens is 280 g/mol. The van der Waals surface area contributed by atoms with Crippen LogP contribution < -0.4 is 0 Å². The topological polar surface area (TPSA) is 80.9 Å². The summed E-state index contributed by atoms with van der Waals surface area (Å²) >= 11 is 0. The molecule has 2 unspecified atom stereocenters. The SMILES string of the molecule is C=C(CC)CC(CO)CCO.CC=C(C)CC(CO)CCO. The Morgan fingerprint density at radius 2 is 1.41 bits per heavy atom. The van der Waals surface area contributed by atoms with Gasteiger partial charge in [0, 0.05) is 26.4 Å². The Balaban J connectivity index is 0. The summed E-state index contributed by atoms with van der Waals surface area (Å²) in [4.78, 5) is 0. The van der Waals surface area contributed by atoms with Crippen LogP contribution in [0.25, 0.3) is 0 Å². The first-order valence-corrected chi connectivity index (χ1v) is 8.20. The summed E-state index contributed by atoms with van der Waals surface area (Å²) < 4.78 is 0. The predicted molar refractivity (Wildman–Crippen MR) is 92.7 cm³/mol. The molecule has 0 aliphatic carbocycles. The van der Waals surface area contributed by atoms with Crippen molar-refractivity contribution in [2.45, 2.75) is 52.9 Å². The van der Waals surface area contributed by atoms with E-state index in [0.717, 1.165) is 24.8 Å². The van der Waals surface area contributed by atoms with Crippen LogP contribution in [0.5, 0.6) is 0 Å². The van der Waals surface area contributed by atoms with Gasteiger partial charge in [-0.1, -0.05) is 30.7 Å². The van der Waals surface area contributed by atoms with Gasteiger partial charge in [0.15, 0.2) is 0 Å². The van der Waals surface area contributed by atoms with Crippen LogP contribution in [-0.2, 0) is 0 Å². The molecule has 0 radical (unpaired) electrons. The summed E-state index contributed by atoms with van der Waals surface area (Å²) in [6, 6.07) is 0. The van der Waals surface area contributed by atoms with Crippen molar-refractivity contribution in [1.29, 1.82) is 0 Å². The van der Waals surface area contributed by atoms with Gasteiger partial charge in [-0.25, -0.2) is 0 Å². The third-order valence-electron chi connectivity index (χ3n) is 3.77. The molecule has 4 N–H and O–H groups in total. The van der Waals surface area contributed by atoms with Gasteiger partial charge in [-0.3, -0.25) is 0 Å². The first-order valence-electron chi connectivity index (χ1n) is 8.20. The quantitative estimate of drug-likeness (QED) is 0.442. The molecule has 0 heterocycles. The Kier molecular flexibility index (Phi) is 17.9. The second kappa shape index (κ2) is 16.7. The number of rotatable bonds is 11. The minimum absolute atomic E-state index is 0.152. The van der Waals surface area contributed by atoms with E-state index < -0.39 is 0 Å². The van der Waals surface area contributed by atoms with E-state index in [1.54, 1.807) is 0 Å². The Bertz CT molecular complexity index is 287. The maximum Gasteiger partial charge on any atom is 0.0463 e. The molecule has 2 atom stereocenters. The molecule has 0 saturated heterocycles. The van der Waals surface area contributed by atoms with Gasteiger partial charge in [0.1, 0.15) is 0 Å². The summed E-state index contributed by atoms with van der Waals surface area (Å²) in [5.41, 5.74) is 2.43. The highest BCUT2D eigenvalue weighted by molar-refractivity contribution is 4.96. The van der Waals surface area contributed by atoms with Gasteiger partial charge in [0.25, 0.3) is 0 Å².